The molecule has 2 heteroatoms. The molecule has 0 fully saturated rings. The maximum atomic E-state index is 2.36. The first kappa shape index (κ1) is 19.3. The zero-order valence-corrected chi connectivity index (χ0v) is 19.3. The smallest absolute Gasteiger partial charge is 0.101 e. The molecule has 6 aromatic carbocycles. The molecule has 0 aliphatic rings. The van der Waals surface area contributed by atoms with Crippen LogP contribution in [0.15, 0.2) is 127 Å². The number of hydrogen-bond acceptors (Lipinski definition) is 2. The number of para-hydroxylation sites is 2. The summed E-state index contributed by atoms with van der Waals surface area (Å²) in [5.74, 6) is 0. The minimum atomic E-state index is 1.17. The van der Waals surface area contributed by atoms with Gasteiger partial charge in [-0.2, -0.15) is 0 Å². The summed E-state index contributed by atoms with van der Waals surface area (Å²) < 4.78 is 1.31. The molecule has 0 saturated carbocycles. The van der Waals surface area contributed by atoms with Gasteiger partial charge in [-0.15, -0.1) is 11.3 Å². The normalized spacial score (nSPS) is 11.5. The van der Waals surface area contributed by atoms with Gasteiger partial charge in [0.1, 0.15) is 5.00 Å². The Kier molecular flexibility index (Phi) is 4.39. The molecule has 34 heavy (non-hydrogen) atoms. The Hall–Kier alpha value is -4.14. The maximum absolute atomic E-state index is 2.36. The third kappa shape index (κ3) is 3.07. The standard InChI is InChI=1S/C32H21NS/c1-3-11-25(12-4-1)33(26-13-5-2-6-14-26)32-21-30-28-16-15-24-19-22-9-7-8-10-23(22)20-29(24)27(28)17-18-31(30)34-32/h1-21H. The number of rotatable bonds is 3. The van der Waals surface area contributed by atoms with Crippen LogP contribution in [0, 0.1) is 0 Å². The summed E-state index contributed by atoms with van der Waals surface area (Å²) in [5.41, 5.74) is 2.34. The number of nitrogens with zero attached hydrogens (tertiary/aromatic N) is 1. The predicted octanol–water partition coefficient (Wildman–Crippen LogP) is 9.83. The molecule has 0 spiro atoms. The molecule has 1 aromatic heterocycles. The Labute approximate surface area is 202 Å². The van der Waals surface area contributed by atoms with Crippen LogP contribution in [0.4, 0.5) is 16.4 Å². The number of hydrogen-bond donors (Lipinski definition) is 0. The first-order valence-corrected chi connectivity index (χ1v) is 12.3. The molecular weight excluding hydrogens is 430 g/mol. The highest BCUT2D eigenvalue weighted by Gasteiger charge is 2.16. The van der Waals surface area contributed by atoms with Crippen LogP contribution in [-0.4, -0.2) is 0 Å². The molecule has 0 atom stereocenters. The molecule has 1 nitrogen and oxygen atoms in total. The molecule has 7 rings (SSSR count). The fraction of sp³-hybridized carbons (Fsp3) is 0. The van der Waals surface area contributed by atoms with Crippen molar-refractivity contribution in [3.05, 3.63) is 127 Å². The van der Waals surface area contributed by atoms with E-state index < -0.39 is 0 Å². The molecule has 0 unspecified atom stereocenters. The SMILES string of the molecule is c1ccc(N(c2ccccc2)c2cc3c(ccc4c5cc6ccccc6cc5ccc34)s2)cc1. The van der Waals surface area contributed by atoms with Gasteiger partial charge in [-0.25, -0.2) is 0 Å². The van der Waals surface area contributed by atoms with Crippen LogP contribution >= 0.6 is 11.3 Å². The molecule has 0 bridgehead atoms. The fourth-order valence-corrected chi connectivity index (χ4v) is 6.12. The van der Waals surface area contributed by atoms with Gasteiger partial charge in [0, 0.05) is 21.5 Å². The van der Waals surface area contributed by atoms with Gasteiger partial charge in [0.15, 0.2) is 0 Å². The number of thiophene rings is 1. The highest BCUT2D eigenvalue weighted by atomic mass is 32.1. The average molecular weight is 452 g/mol. The van der Waals surface area contributed by atoms with Crippen LogP contribution in [0.1, 0.15) is 0 Å². The fourth-order valence-electron chi connectivity index (χ4n) is 5.00. The van der Waals surface area contributed by atoms with Crippen molar-refractivity contribution >= 4 is 70.1 Å². The highest BCUT2D eigenvalue weighted by molar-refractivity contribution is 7.23. The molecule has 0 radical (unpaired) electrons. The topological polar surface area (TPSA) is 3.24 Å². The third-order valence-electron chi connectivity index (χ3n) is 6.62. The van der Waals surface area contributed by atoms with Crippen LogP contribution in [0.2, 0.25) is 0 Å². The van der Waals surface area contributed by atoms with Crippen molar-refractivity contribution in [2.24, 2.45) is 0 Å². The van der Waals surface area contributed by atoms with Crippen molar-refractivity contribution in [3.63, 3.8) is 0 Å². The molecule has 0 aliphatic carbocycles. The van der Waals surface area contributed by atoms with Crippen LogP contribution < -0.4 is 4.90 Å². The maximum Gasteiger partial charge on any atom is 0.101 e. The molecule has 1 heterocycles. The first-order valence-electron chi connectivity index (χ1n) is 11.5. The monoisotopic (exact) mass is 451 g/mol. The average Bonchev–Trinajstić information content (AvgIpc) is 3.33. The van der Waals surface area contributed by atoms with E-state index in [0.717, 1.165) is 0 Å². The van der Waals surface area contributed by atoms with E-state index in [9.17, 15) is 0 Å². The van der Waals surface area contributed by atoms with E-state index in [1.165, 1.54) is 58.8 Å². The van der Waals surface area contributed by atoms with Gasteiger partial charge < -0.3 is 4.90 Å². The van der Waals surface area contributed by atoms with Crippen molar-refractivity contribution < 1.29 is 0 Å². The Morgan fingerprint density at radius 2 is 1.00 bits per heavy atom. The zero-order chi connectivity index (χ0) is 22.5. The van der Waals surface area contributed by atoms with Gasteiger partial charge >= 0.3 is 0 Å². The second-order valence-corrected chi connectivity index (χ2v) is 9.71. The lowest BCUT2D eigenvalue weighted by Gasteiger charge is -2.23. The van der Waals surface area contributed by atoms with Crippen LogP contribution in [0.5, 0.6) is 0 Å². The molecule has 7 aromatic rings. The van der Waals surface area contributed by atoms with Gasteiger partial charge in [0.05, 0.1) is 0 Å². The second kappa shape index (κ2) is 7.72. The summed E-state index contributed by atoms with van der Waals surface area (Å²) in [7, 11) is 0. The summed E-state index contributed by atoms with van der Waals surface area (Å²) in [6.07, 6.45) is 0. The molecule has 0 N–H and O–H groups in total. The van der Waals surface area contributed by atoms with Crippen molar-refractivity contribution in [2.75, 3.05) is 4.90 Å². The summed E-state index contributed by atoms with van der Waals surface area (Å²) in [6, 6.07) is 46.0. The van der Waals surface area contributed by atoms with Crippen molar-refractivity contribution in [1.82, 2.24) is 0 Å². The number of anilines is 3. The minimum absolute atomic E-state index is 1.17. The van der Waals surface area contributed by atoms with Crippen molar-refractivity contribution in [3.8, 4) is 0 Å². The van der Waals surface area contributed by atoms with E-state index in [1.807, 2.05) is 11.3 Å². The summed E-state index contributed by atoms with van der Waals surface area (Å²) in [4.78, 5) is 2.35. The predicted molar refractivity (Wildman–Crippen MR) is 149 cm³/mol. The molecule has 160 valence electrons. The van der Waals surface area contributed by atoms with Gasteiger partial charge in [0.2, 0.25) is 0 Å². The van der Waals surface area contributed by atoms with E-state index in [2.05, 4.69) is 132 Å². The van der Waals surface area contributed by atoms with Gasteiger partial charge in [-0.05, 0) is 80.8 Å². The Bertz CT molecular complexity index is 1760. The largest absolute Gasteiger partial charge is 0.302 e. The van der Waals surface area contributed by atoms with Gasteiger partial charge in [0.25, 0.3) is 0 Å². The number of benzene rings is 6. The van der Waals surface area contributed by atoms with E-state index in [-0.39, 0.29) is 0 Å². The van der Waals surface area contributed by atoms with Gasteiger partial charge in [-0.1, -0.05) is 78.9 Å². The molecular formula is C32H21NS. The van der Waals surface area contributed by atoms with Crippen molar-refractivity contribution in [2.45, 2.75) is 0 Å². The van der Waals surface area contributed by atoms with E-state index in [1.54, 1.807) is 0 Å². The first-order chi connectivity index (χ1) is 16.8. The molecule has 0 amide bonds. The van der Waals surface area contributed by atoms with E-state index in [0.29, 0.717) is 0 Å². The van der Waals surface area contributed by atoms with Gasteiger partial charge in [-0.3, -0.25) is 0 Å². The van der Waals surface area contributed by atoms with E-state index >= 15 is 0 Å². The van der Waals surface area contributed by atoms with E-state index in [4.69, 9.17) is 0 Å². The summed E-state index contributed by atoms with van der Waals surface area (Å²) in [6.45, 7) is 0. The summed E-state index contributed by atoms with van der Waals surface area (Å²) in [5, 5.41) is 10.3. The quantitative estimate of drug-likeness (QED) is 0.191. The molecule has 0 aliphatic heterocycles. The minimum Gasteiger partial charge on any atom is -0.302 e. The number of fused-ring (bicyclic) bond motifs is 6. The summed E-state index contributed by atoms with van der Waals surface area (Å²) >= 11 is 1.84. The Morgan fingerprint density at radius 1 is 0.412 bits per heavy atom. The zero-order valence-electron chi connectivity index (χ0n) is 18.5. The van der Waals surface area contributed by atoms with Crippen LogP contribution in [0.25, 0.3) is 42.4 Å². The molecule has 0 saturated heterocycles. The Morgan fingerprint density at radius 3 is 1.71 bits per heavy atom. The van der Waals surface area contributed by atoms with Crippen molar-refractivity contribution in [1.29, 1.82) is 0 Å². The second-order valence-electron chi connectivity index (χ2n) is 8.65. The van der Waals surface area contributed by atoms with Crippen LogP contribution in [-0.2, 0) is 0 Å². The lowest BCUT2D eigenvalue weighted by molar-refractivity contribution is 1.32. The lowest BCUT2D eigenvalue weighted by Crippen LogP contribution is -2.07. The lowest BCUT2D eigenvalue weighted by atomic mass is 9.97. The van der Waals surface area contributed by atoms with Crippen LogP contribution in [0.3, 0.4) is 0 Å². The third-order valence-corrected chi connectivity index (χ3v) is 7.70. The highest BCUT2D eigenvalue weighted by Crippen LogP contribution is 2.44. The Balaban J connectivity index is 1.47.